The molecule has 5 heteroatoms. The number of nitrogens with two attached hydrogens (primary N) is 1. The molecule has 2 amide bonds. The monoisotopic (exact) mass is 219 g/mol. The molecule has 0 aliphatic heterocycles. The van der Waals surface area contributed by atoms with Crippen LogP contribution < -0.4 is 16.6 Å². The standard InChI is InChI=1S/C9H12BN3O.C2H6/c1-6-5-7(3-4-8(6)10)12-9(14)13(2)11;1-2/h3-5H,11H2,1-2H3,(H,12,14);1-2H3. The Bertz CT molecular complexity index is 353. The molecule has 4 nitrogen and oxygen atoms in total. The van der Waals surface area contributed by atoms with E-state index in [1.807, 2.05) is 20.8 Å². The highest BCUT2D eigenvalue weighted by molar-refractivity contribution is 6.33. The lowest BCUT2D eigenvalue weighted by atomic mass is 9.91. The Kier molecular flexibility index (Phi) is 6.26. The fourth-order valence-corrected chi connectivity index (χ4v) is 0.965. The van der Waals surface area contributed by atoms with Crippen LogP contribution in [0.15, 0.2) is 18.2 Å². The molecule has 0 atom stereocenters. The summed E-state index contributed by atoms with van der Waals surface area (Å²) in [6.07, 6.45) is 0. The molecule has 1 aromatic carbocycles. The first-order chi connectivity index (χ1) is 7.50. The summed E-state index contributed by atoms with van der Waals surface area (Å²) in [4.78, 5) is 11.2. The summed E-state index contributed by atoms with van der Waals surface area (Å²) in [5.41, 5.74) is 2.30. The largest absolute Gasteiger partial charge is 0.335 e. The molecule has 2 radical (unpaired) electrons. The van der Waals surface area contributed by atoms with Gasteiger partial charge >= 0.3 is 6.03 Å². The van der Waals surface area contributed by atoms with Crippen molar-refractivity contribution in [3.8, 4) is 0 Å². The van der Waals surface area contributed by atoms with Gasteiger partial charge in [0.25, 0.3) is 0 Å². The Hall–Kier alpha value is -1.49. The minimum Gasteiger partial charge on any atom is -0.307 e. The molecule has 0 aromatic heterocycles. The van der Waals surface area contributed by atoms with Gasteiger partial charge in [0, 0.05) is 12.7 Å². The fourth-order valence-electron chi connectivity index (χ4n) is 0.965. The number of rotatable bonds is 1. The molecule has 0 spiro atoms. The van der Waals surface area contributed by atoms with E-state index >= 15 is 0 Å². The predicted molar refractivity (Wildman–Crippen MR) is 68.9 cm³/mol. The molecular formula is C11H18BN3O. The van der Waals surface area contributed by atoms with Crippen LogP contribution in [0, 0.1) is 6.92 Å². The van der Waals surface area contributed by atoms with Gasteiger partial charge in [0.05, 0.1) is 0 Å². The van der Waals surface area contributed by atoms with Gasteiger partial charge in [-0.15, -0.1) is 0 Å². The number of urea groups is 1. The van der Waals surface area contributed by atoms with E-state index in [4.69, 9.17) is 13.7 Å². The summed E-state index contributed by atoms with van der Waals surface area (Å²) in [5, 5.41) is 3.59. The highest BCUT2D eigenvalue weighted by atomic mass is 16.2. The summed E-state index contributed by atoms with van der Waals surface area (Å²) in [6, 6.07) is 4.89. The van der Waals surface area contributed by atoms with Gasteiger partial charge in [-0.2, -0.15) is 0 Å². The van der Waals surface area contributed by atoms with Crippen LogP contribution in [-0.2, 0) is 0 Å². The molecule has 0 unspecified atom stereocenters. The number of carbonyl (C=O) groups is 1. The minimum absolute atomic E-state index is 0.367. The summed E-state index contributed by atoms with van der Waals surface area (Å²) in [7, 11) is 7.10. The lowest BCUT2D eigenvalue weighted by Gasteiger charge is -2.12. The molecule has 3 N–H and O–H groups in total. The van der Waals surface area contributed by atoms with Crippen LogP contribution in [0.1, 0.15) is 19.4 Å². The van der Waals surface area contributed by atoms with Gasteiger partial charge in [-0.3, -0.25) is 5.01 Å². The Morgan fingerprint density at radius 3 is 2.44 bits per heavy atom. The second-order valence-electron chi connectivity index (χ2n) is 3.11. The molecule has 1 rings (SSSR count). The molecular weight excluding hydrogens is 201 g/mol. The van der Waals surface area contributed by atoms with Crippen LogP contribution >= 0.6 is 0 Å². The van der Waals surface area contributed by atoms with E-state index in [0.717, 1.165) is 10.6 Å². The van der Waals surface area contributed by atoms with Crippen molar-refractivity contribution in [2.75, 3.05) is 12.4 Å². The van der Waals surface area contributed by atoms with Crippen LogP contribution in [0.2, 0.25) is 0 Å². The van der Waals surface area contributed by atoms with Crippen LogP contribution in [0.3, 0.4) is 0 Å². The van der Waals surface area contributed by atoms with Crippen molar-refractivity contribution in [1.82, 2.24) is 5.01 Å². The molecule has 0 heterocycles. The number of hydrogen-bond acceptors (Lipinski definition) is 2. The highest BCUT2D eigenvalue weighted by Gasteiger charge is 2.04. The number of anilines is 1. The number of nitrogens with one attached hydrogen (secondary N) is 1. The van der Waals surface area contributed by atoms with E-state index in [1.165, 1.54) is 7.05 Å². The lowest BCUT2D eigenvalue weighted by Crippen LogP contribution is -2.36. The Morgan fingerprint density at radius 1 is 1.44 bits per heavy atom. The van der Waals surface area contributed by atoms with E-state index in [9.17, 15) is 4.79 Å². The molecule has 16 heavy (non-hydrogen) atoms. The van der Waals surface area contributed by atoms with Crippen molar-refractivity contribution in [2.45, 2.75) is 20.8 Å². The first-order valence-electron chi connectivity index (χ1n) is 5.16. The maximum absolute atomic E-state index is 11.2. The molecule has 86 valence electrons. The van der Waals surface area contributed by atoms with E-state index in [-0.39, 0.29) is 6.03 Å². The quantitative estimate of drug-likeness (QED) is 0.322. The third-order valence-electron chi connectivity index (χ3n) is 1.84. The van der Waals surface area contributed by atoms with Gasteiger partial charge in [-0.1, -0.05) is 30.9 Å². The summed E-state index contributed by atoms with van der Waals surface area (Å²) in [5.74, 6) is 5.25. The van der Waals surface area contributed by atoms with Crippen LogP contribution in [0.4, 0.5) is 10.5 Å². The average Bonchev–Trinajstić information content (AvgIpc) is 2.26. The van der Waals surface area contributed by atoms with E-state index < -0.39 is 0 Å². The minimum atomic E-state index is -0.367. The van der Waals surface area contributed by atoms with Crippen LogP contribution in [0.5, 0.6) is 0 Å². The number of aryl methyl sites for hydroxylation is 1. The molecule has 0 aliphatic carbocycles. The Balaban J connectivity index is 0.00000106. The zero-order valence-electron chi connectivity index (χ0n) is 10.2. The number of hydrazine groups is 1. The van der Waals surface area contributed by atoms with Crippen molar-refractivity contribution in [3.63, 3.8) is 0 Å². The summed E-state index contributed by atoms with van der Waals surface area (Å²) in [6.45, 7) is 5.87. The first kappa shape index (κ1) is 14.5. The fraction of sp³-hybridized carbons (Fsp3) is 0.364. The van der Waals surface area contributed by atoms with E-state index in [0.29, 0.717) is 11.2 Å². The van der Waals surface area contributed by atoms with Crippen LogP contribution in [-0.4, -0.2) is 25.9 Å². The van der Waals surface area contributed by atoms with Crippen molar-refractivity contribution < 1.29 is 4.79 Å². The molecule has 0 bridgehead atoms. The first-order valence-corrected chi connectivity index (χ1v) is 5.16. The van der Waals surface area contributed by atoms with Crippen molar-refractivity contribution in [1.29, 1.82) is 0 Å². The summed E-state index contributed by atoms with van der Waals surface area (Å²) >= 11 is 0. The second-order valence-corrected chi connectivity index (χ2v) is 3.11. The zero-order chi connectivity index (χ0) is 12.7. The Labute approximate surface area is 98.2 Å². The Morgan fingerprint density at radius 2 is 2.00 bits per heavy atom. The SMILES string of the molecule is CC.[B]c1ccc(NC(=O)N(C)N)cc1C. The number of benzene rings is 1. The van der Waals surface area contributed by atoms with Gasteiger partial charge in [0.1, 0.15) is 7.85 Å². The van der Waals surface area contributed by atoms with Gasteiger partial charge < -0.3 is 5.32 Å². The smallest absolute Gasteiger partial charge is 0.307 e. The zero-order valence-corrected chi connectivity index (χ0v) is 10.2. The number of carbonyl (C=O) groups excluding carboxylic acids is 1. The van der Waals surface area contributed by atoms with E-state index in [1.54, 1.807) is 18.2 Å². The third-order valence-corrected chi connectivity index (χ3v) is 1.84. The van der Waals surface area contributed by atoms with E-state index in [2.05, 4.69) is 5.32 Å². The topological polar surface area (TPSA) is 58.4 Å². The normalized spacial score (nSPS) is 8.81. The van der Waals surface area contributed by atoms with Gasteiger partial charge in [-0.25, -0.2) is 10.6 Å². The molecule has 0 saturated heterocycles. The lowest BCUT2D eigenvalue weighted by molar-refractivity contribution is 0.223. The van der Waals surface area contributed by atoms with Crippen molar-refractivity contribution in [3.05, 3.63) is 23.8 Å². The van der Waals surface area contributed by atoms with Crippen LogP contribution in [0.25, 0.3) is 0 Å². The van der Waals surface area contributed by atoms with Gasteiger partial charge in [0.2, 0.25) is 0 Å². The van der Waals surface area contributed by atoms with Crippen molar-refractivity contribution >= 4 is 25.0 Å². The summed E-state index contributed by atoms with van der Waals surface area (Å²) < 4.78 is 0. The van der Waals surface area contributed by atoms with Crippen molar-refractivity contribution in [2.24, 2.45) is 5.84 Å². The van der Waals surface area contributed by atoms with Gasteiger partial charge in [0.15, 0.2) is 0 Å². The second kappa shape index (κ2) is 6.90. The molecule has 1 aromatic rings. The predicted octanol–water partition coefficient (Wildman–Crippen LogP) is 1.15. The molecule has 0 aliphatic rings. The third kappa shape index (κ3) is 4.36. The maximum atomic E-state index is 11.2. The van der Waals surface area contributed by atoms with Gasteiger partial charge in [-0.05, 0) is 19.1 Å². The maximum Gasteiger partial charge on any atom is 0.335 e. The average molecular weight is 219 g/mol. The number of hydrogen-bond donors (Lipinski definition) is 2. The number of amides is 2. The molecule has 0 fully saturated rings. The highest BCUT2D eigenvalue weighted by Crippen LogP contribution is 2.07. The number of nitrogens with zero attached hydrogens (tertiary/aromatic N) is 1. The molecule has 0 saturated carbocycles.